The number of hydrogen-bond acceptors (Lipinski definition) is 5. The van der Waals surface area contributed by atoms with Gasteiger partial charge in [0.25, 0.3) is 5.91 Å². The van der Waals surface area contributed by atoms with Crippen LogP contribution in [0.3, 0.4) is 0 Å². The van der Waals surface area contributed by atoms with Gasteiger partial charge in [-0.05, 0) is 25.0 Å². The standard InChI is InChI=1S/C23H26N4O2/c1-4-29-20-13-9-8-12-18(20)26-23(28)19-14-21(24-15-16(2)3)27-22(25-19)17-10-6-5-7-11-17/h5-14,16H,4,15H2,1-3H3,(H,26,28)(H,24,25,27). The molecule has 0 aliphatic heterocycles. The van der Waals surface area contributed by atoms with E-state index in [4.69, 9.17) is 4.74 Å². The molecule has 2 aromatic carbocycles. The SMILES string of the molecule is CCOc1ccccc1NC(=O)c1cc(NCC(C)C)nc(-c2ccccc2)n1. The molecule has 0 saturated carbocycles. The van der Waals surface area contributed by atoms with Crippen LogP contribution >= 0.6 is 0 Å². The van der Waals surface area contributed by atoms with Crippen molar-refractivity contribution in [2.24, 2.45) is 5.92 Å². The lowest BCUT2D eigenvalue weighted by molar-refractivity contribution is 0.102. The molecule has 6 heteroatoms. The molecule has 0 spiro atoms. The van der Waals surface area contributed by atoms with Crippen molar-refractivity contribution in [1.82, 2.24) is 9.97 Å². The highest BCUT2D eigenvalue weighted by molar-refractivity contribution is 6.04. The Labute approximate surface area is 171 Å². The molecule has 29 heavy (non-hydrogen) atoms. The molecule has 0 saturated heterocycles. The van der Waals surface area contributed by atoms with E-state index in [1.807, 2.05) is 55.5 Å². The molecule has 1 aromatic heterocycles. The van der Waals surface area contributed by atoms with E-state index in [1.54, 1.807) is 12.1 Å². The summed E-state index contributed by atoms with van der Waals surface area (Å²) in [4.78, 5) is 22.0. The van der Waals surface area contributed by atoms with Crippen LogP contribution in [0, 0.1) is 5.92 Å². The predicted octanol–water partition coefficient (Wildman–Crippen LogP) is 4.86. The van der Waals surface area contributed by atoms with Crippen molar-refractivity contribution in [1.29, 1.82) is 0 Å². The third kappa shape index (κ3) is 5.54. The van der Waals surface area contributed by atoms with E-state index in [2.05, 4.69) is 34.4 Å². The van der Waals surface area contributed by atoms with Crippen molar-refractivity contribution in [3.63, 3.8) is 0 Å². The van der Waals surface area contributed by atoms with E-state index >= 15 is 0 Å². The van der Waals surface area contributed by atoms with Gasteiger partial charge in [-0.1, -0.05) is 56.3 Å². The highest BCUT2D eigenvalue weighted by Crippen LogP contribution is 2.25. The molecule has 1 heterocycles. The number of anilines is 2. The maximum atomic E-state index is 13.0. The van der Waals surface area contributed by atoms with E-state index in [1.165, 1.54) is 0 Å². The molecule has 150 valence electrons. The average molecular weight is 390 g/mol. The number of nitrogens with zero attached hydrogens (tertiary/aromatic N) is 2. The fourth-order valence-electron chi connectivity index (χ4n) is 2.72. The van der Waals surface area contributed by atoms with Gasteiger partial charge < -0.3 is 15.4 Å². The van der Waals surface area contributed by atoms with Crippen LogP contribution < -0.4 is 15.4 Å². The first-order valence-corrected chi connectivity index (χ1v) is 9.78. The maximum absolute atomic E-state index is 13.0. The summed E-state index contributed by atoms with van der Waals surface area (Å²) >= 11 is 0. The second kappa shape index (κ2) is 9.68. The lowest BCUT2D eigenvalue weighted by Gasteiger charge is -2.13. The number of hydrogen-bond donors (Lipinski definition) is 2. The number of para-hydroxylation sites is 2. The Morgan fingerprint density at radius 2 is 1.76 bits per heavy atom. The van der Waals surface area contributed by atoms with E-state index < -0.39 is 0 Å². The number of carbonyl (C=O) groups excluding carboxylic acids is 1. The van der Waals surface area contributed by atoms with E-state index in [0.29, 0.717) is 35.6 Å². The monoisotopic (exact) mass is 390 g/mol. The van der Waals surface area contributed by atoms with Crippen LogP contribution in [0.1, 0.15) is 31.3 Å². The van der Waals surface area contributed by atoms with Crippen LogP contribution in [0.5, 0.6) is 5.75 Å². The summed E-state index contributed by atoms with van der Waals surface area (Å²) in [5.74, 6) is 1.88. The van der Waals surface area contributed by atoms with Crippen molar-refractivity contribution in [3.05, 3.63) is 66.4 Å². The highest BCUT2D eigenvalue weighted by Gasteiger charge is 2.15. The summed E-state index contributed by atoms with van der Waals surface area (Å²) in [6.45, 7) is 7.40. The van der Waals surface area contributed by atoms with E-state index in [-0.39, 0.29) is 11.6 Å². The Kier molecular flexibility index (Phi) is 6.79. The summed E-state index contributed by atoms with van der Waals surface area (Å²) < 4.78 is 5.60. The first kappa shape index (κ1) is 20.3. The van der Waals surface area contributed by atoms with Crippen LogP contribution in [0.4, 0.5) is 11.5 Å². The number of rotatable bonds is 8. The van der Waals surface area contributed by atoms with Gasteiger partial charge >= 0.3 is 0 Å². The molecule has 0 atom stereocenters. The van der Waals surface area contributed by atoms with Gasteiger partial charge in [0.05, 0.1) is 12.3 Å². The molecule has 1 amide bonds. The third-order valence-corrected chi connectivity index (χ3v) is 4.12. The second-order valence-corrected chi connectivity index (χ2v) is 6.99. The lowest BCUT2D eigenvalue weighted by Crippen LogP contribution is -2.17. The third-order valence-electron chi connectivity index (χ3n) is 4.12. The summed E-state index contributed by atoms with van der Waals surface area (Å²) in [6, 6.07) is 18.6. The number of nitrogens with one attached hydrogen (secondary N) is 2. The molecular formula is C23H26N4O2. The Morgan fingerprint density at radius 3 is 2.48 bits per heavy atom. The topological polar surface area (TPSA) is 76.1 Å². The molecule has 3 rings (SSSR count). The molecule has 0 fully saturated rings. The number of ether oxygens (including phenoxy) is 1. The average Bonchev–Trinajstić information content (AvgIpc) is 2.74. The molecule has 2 N–H and O–H groups in total. The normalized spacial score (nSPS) is 10.6. The van der Waals surface area contributed by atoms with E-state index in [0.717, 1.165) is 12.1 Å². The van der Waals surface area contributed by atoms with Crippen molar-refractivity contribution >= 4 is 17.4 Å². The van der Waals surface area contributed by atoms with Gasteiger partial charge in [0.15, 0.2) is 5.82 Å². The first-order valence-electron chi connectivity index (χ1n) is 9.78. The first-order chi connectivity index (χ1) is 14.1. The molecule has 3 aromatic rings. The van der Waals surface area contributed by atoms with E-state index in [9.17, 15) is 4.79 Å². The molecule has 0 aliphatic carbocycles. The minimum Gasteiger partial charge on any atom is -0.492 e. The largest absolute Gasteiger partial charge is 0.492 e. The fraction of sp³-hybridized carbons (Fsp3) is 0.261. The zero-order valence-electron chi connectivity index (χ0n) is 17.0. The highest BCUT2D eigenvalue weighted by atomic mass is 16.5. The Bertz CT molecular complexity index is 958. The summed E-state index contributed by atoms with van der Waals surface area (Å²) in [6.07, 6.45) is 0. The van der Waals surface area contributed by atoms with Crippen LogP contribution in [0.25, 0.3) is 11.4 Å². The molecule has 0 bridgehead atoms. The number of benzene rings is 2. The quantitative estimate of drug-likeness (QED) is 0.574. The summed E-state index contributed by atoms with van der Waals surface area (Å²) in [7, 11) is 0. The van der Waals surface area contributed by atoms with Crippen molar-refractivity contribution < 1.29 is 9.53 Å². The van der Waals surface area contributed by atoms with Crippen LogP contribution in [0.2, 0.25) is 0 Å². The van der Waals surface area contributed by atoms with Gasteiger partial charge in [-0.2, -0.15) is 0 Å². The smallest absolute Gasteiger partial charge is 0.274 e. The fourth-order valence-corrected chi connectivity index (χ4v) is 2.72. The number of carbonyl (C=O) groups is 1. The summed E-state index contributed by atoms with van der Waals surface area (Å²) in [5.41, 5.74) is 1.75. The lowest BCUT2D eigenvalue weighted by atomic mass is 10.2. The van der Waals surface area contributed by atoms with Gasteiger partial charge in [0.1, 0.15) is 17.3 Å². The van der Waals surface area contributed by atoms with Gasteiger partial charge in [0, 0.05) is 18.2 Å². The molecule has 0 aliphatic rings. The predicted molar refractivity (Wildman–Crippen MR) is 116 cm³/mol. The molecular weight excluding hydrogens is 364 g/mol. The van der Waals surface area contributed by atoms with Gasteiger partial charge in [-0.15, -0.1) is 0 Å². The van der Waals surface area contributed by atoms with Gasteiger partial charge in [0.2, 0.25) is 0 Å². The molecule has 0 unspecified atom stereocenters. The zero-order valence-corrected chi connectivity index (χ0v) is 17.0. The number of amides is 1. The van der Waals surface area contributed by atoms with Gasteiger partial charge in [-0.25, -0.2) is 9.97 Å². The van der Waals surface area contributed by atoms with Crippen molar-refractivity contribution in [2.75, 3.05) is 23.8 Å². The Morgan fingerprint density at radius 1 is 1.03 bits per heavy atom. The Balaban J connectivity index is 1.92. The van der Waals surface area contributed by atoms with Crippen LogP contribution in [-0.2, 0) is 0 Å². The second-order valence-electron chi connectivity index (χ2n) is 6.99. The molecule has 6 nitrogen and oxygen atoms in total. The van der Waals surface area contributed by atoms with Crippen LogP contribution in [0.15, 0.2) is 60.7 Å². The minimum atomic E-state index is -0.315. The Hall–Kier alpha value is -3.41. The maximum Gasteiger partial charge on any atom is 0.274 e. The van der Waals surface area contributed by atoms with Crippen LogP contribution in [-0.4, -0.2) is 29.0 Å². The van der Waals surface area contributed by atoms with Crippen molar-refractivity contribution in [2.45, 2.75) is 20.8 Å². The minimum absolute atomic E-state index is 0.288. The number of aromatic nitrogens is 2. The zero-order chi connectivity index (χ0) is 20.6. The van der Waals surface area contributed by atoms with Gasteiger partial charge in [-0.3, -0.25) is 4.79 Å². The molecule has 0 radical (unpaired) electrons. The van der Waals surface area contributed by atoms with Crippen molar-refractivity contribution in [3.8, 4) is 17.1 Å². The summed E-state index contributed by atoms with van der Waals surface area (Å²) in [5, 5.41) is 6.19.